The topological polar surface area (TPSA) is 30.2 Å². The molecular formula is C11H19N3S. The Hall–Kier alpha value is -0.770. The van der Waals surface area contributed by atoms with Crippen molar-refractivity contribution in [1.82, 2.24) is 9.55 Å². The molecule has 0 saturated heterocycles. The first-order valence-electron chi connectivity index (χ1n) is 5.03. The van der Waals surface area contributed by atoms with Gasteiger partial charge in [0.05, 0.1) is 11.9 Å². The number of hydrogen-bond acceptors (Lipinski definition) is 3. The van der Waals surface area contributed by atoms with E-state index in [4.69, 9.17) is 0 Å². The van der Waals surface area contributed by atoms with E-state index in [1.807, 2.05) is 20.2 Å². The van der Waals surface area contributed by atoms with Crippen LogP contribution in [-0.2, 0) is 7.05 Å². The number of hydrogen-bond donors (Lipinski definition) is 0. The first-order chi connectivity index (χ1) is 6.81. The summed E-state index contributed by atoms with van der Waals surface area (Å²) in [5.41, 5.74) is 2.26. The quantitative estimate of drug-likeness (QED) is 0.572. The Balaban J connectivity index is 2.77. The minimum atomic E-state index is 0.158. The average molecular weight is 225 g/mol. The molecule has 0 bridgehead atoms. The molecule has 0 atom stereocenters. The van der Waals surface area contributed by atoms with Crippen molar-refractivity contribution in [2.75, 3.05) is 0 Å². The van der Waals surface area contributed by atoms with E-state index in [-0.39, 0.29) is 4.75 Å². The highest BCUT2D eigenvalue weighted by molar-refractivity contribution is 7.99. The molecule has 0 aliphatic carbocycles. The van der Waals surface area contributed by atoms with E-state index in [0.29, 0.717) is 0 Å². The minimum absolute atomic E-state index is 0.158. The average Bonchev–Trinajstić information content (AvgIpc) is 2.32. The predicted octanol–water partition coefficient (Wildman–Crippen LogP) is 2.90. The number of nitrogens with zero attached hydrogens (tertiary/aromatic N) is 3. The molecule has 1 heterocycles. The van der Waals surface area contributed by atoms with Gasteiger partial charge in [-0.1, -0.05) is 0 Å². The first kappa shape index (κ1) is 12.3. The predicted molar refractivity (Wildman–Crippen MR) is 67.6 cm³/mol. The van der Waals surface area contributed by atoms with E-state index < -0.39 is 0 Å². The smallest absolute Gasteiger partial charge is 0.152 e. The molecule has 0 radical (unpaired) electrons. The van der Waals surface area contributed by atoms with Crippen LogP contribution in [0, 0.1) is 13.8 Å². The Labute approximate surface area is 96.1 Å². The molecule has 1 rings (SSSR count). The van der Waals surface area contributed by atoms with Gasteiger partial charge in [0.25, 0.3) is 0 Å². The van der Waals surface area contributed by atoms with E-state index >= 15 is 0 Å². The maximum atomic E-state index is 4.43. The number of aryl methyl sites for hydroxylation is 1. The van der Waals surface area contributed by atoms with Crippen LogP contribution in [0.5, 0.6) is 0 Å². The Morgan fingerprint density at radius 1 is 1.33 bits per heavy atom. The van der Waals surface area contributed by atoms with Gasteiger partial charge in [0, 0.05) is 17.5 Å². The fourth-order valence-electron chi connectivity index (χ4n) is 1.09. The van der Waals surface area contributed by atoms with Crippen molar-refractivity contribution in [3.05, 3.63) is 17.2 Å². The SMILES string of the molecule is Cc1nc(C=NSC(C)(C)C)n(C)c1C. The van der Waals surface area contributed by atoms with Gasteiger partial charge in [0.2, 0.25) is 0 Å². The lowest BCUT2D eigenvalue weighted by Crippen LogP contribution is -2.05. The minimum Gasteiger partial charge on any atom is -0.330 e. The van der Waals surface area contributed by atoms with Gasteiger partial charge in [-0.2, -0.15) is 0 Å². The van der Waals surface area contributed by atoms with E-state index in [1.54, 1.807) is 11.9 Å². The molecule has 0 amide bonds. The van der Waals surface area contributed by atoms with Crippen LogP contribution in [0.2, 0.25) is 0 Å². The van der Waals surface area contributed by atoms with Crippen molar-refractivity contribution in [2.24, 2.45) is 11.4 Å². The highest BCUT2D eigenvalue weighted by atomic mass is 32.2. The van der Waals surface area contributed by atoms with E-state index in [1.165, 1.54) is 5.69 Å². The van der Waals surface area contributed by atoms with Crippen LogP contribution in [0.3, 0.4) is 0 Å². The zero-order valence-electron chi connectivity index (χ0n) is 10.3. The molecule has 1 aromatic rings. The van der Waals surface area contributed by atoms with Gasteiger partial charge in [0.1, 0.15) is 0 Å². The largest absolute Gasteiger partial charge is 0.330 e. The summed E-state index contributed by atoms with van der Waals surface area (Å²) in [5.74, 6) is 0.918. The second-order valence-corrected chi connectivity index (χ2v) is 6.26. The summed E-state index contributed by atoms with van der Waals surface area (Å²) in [6.07, 6.45) is 1.83. The van der Waals surface area contributed by atoms with E-state index in [0.717, 1.165) is 11.5 Å². The van der Waals surface area contributed by atoms with Crippen molar-refractivity contribution >= 4 is 18.2 Å². The molecule has 0 unspecified atom stereocenters. The molecule has 0 aliphatic heterocycles. The molecule has 84 valence electrons. The van der Waals surface area contributed by atoms with Gasteiger partial charge in [-0.25, -0.2) is 9.38 Å². The van der Waals surface area contributed by atoms with Crippen molar-refractivity contribution in [1.29, 1.82) is 0 Å². The lowest BCUT2D eigenvalue weighted by Gasteiger charge is -2.11. The summed E-state index contributed by atoms with van der Waals surface area (Å²) in [7, 11) is 2.01. The van der Waals surface area contributed by atoms with Gasteiger partial charge < -0.3 is 4.57 Å². The molecule has 0 fully saturated rings. The lowest BCUT2D eigenvalue weighted by molar-refractivity contribution is 0.804. The number of imidazole rings is 1. The third-order valence-corrected chi connectivity index (χ3v) is 2.91. The maximum Gasteiger partial charge on any atom is 0.152 e. The number of rotatable bonds is 2. The zero-order valence-corrected chi connectivity index (χ0v) is 11.1. The van der Waals surface area contributed by atoms with Crippen LogP contribution in [0.25, 0.3) is 0 Å². The Bertz CT molecular complexity index is 372. The Kier molecular flexibility index (Phi) is 3.60. The molecule has 0 spiro atoms. The summed E-state index contributed by atoms with van der Waals surface area (Å²) in [6.45, 7) is 10.5. The van der Waals surface area contributed by atoms with Gasteiger partial charge in [0.15, 0.2) is 5.82 Å². The summed E-state index contributed by atoms with van der Waals surface area (Å²) in [5, 5.41) is 0. The van der Waals surface area contributed by atoms with Gasteiger partial charge in [-0.05, 0) is 46.6 Å². The van der Waals surface area contributed by atoms with Crippen molar-refractivity contribution in [3.63, 3.8) is 0 Å². The zero-order chi connectivity index (χ0) is 11.6. The highest BCUT2D eigenvalue weighted by Gasteiger charge is 2.10. The maximum absolute atomic E-state index is 4.43. The van der Waals surface area contributed by atoms with E-state index in [9.17, 15) is 0 Å². The first-order valence-corrected chi connectivity index (χ1v) is 5.80. The molecule has 3 nitrogen and oxygen atoms in total. The van der Waals surface area contributed by atoms with Crippen LogP contribution >= 0.6 is 11.9 Å². The van der Waals surface area contributed by atoms with Gasteiger partial charge >= 0.3 is 0 Å². The van der Waals surface area contributed by atoms with Crippen LogP contribution in [-0.4, -0.2) is 20.5 Å². The molecule has 1 aromatic heterocycles. The van der Waals surface area contributed by atoms with Gasteiger partial charge in [-0.15, -0.1) is 0 Å². The standard InChI is InChI=1S/C11H19N3S/c1-8-9(2)14(6)10(13-8)7-12-15-11(3,4)5/h7H,1-6H3. The molecule has 0 saturated carbocycles. The second-order valence-electron chi connectivity index (χ2n) is 4.64. The van der Waals surface area contributed by atoms with Crippen molar-refractivity contribution in [3.8, 4) is 0 Å². The summed E-state index contributed by atoms with van der Waals surface area (Å²) in [4.78, 5) is 4.43. The number of aromatic nitrogens is 2. The summed E-state index contributed by atoms with van der Waals surface area (Å²) >= 11 is 1.57. The Morgan fingerprint density at radius 3 is 2.33 bits per heavy atom. The van der Waals surface area contributed by atoms with Crippen molar-refractivity contribution < 1.29 is 0 Å². The molecule has 15 heavy (non-hydrogen) atoms. The summed E-state index contributed by atoms with van der Waals surface area (Å²) < 4.78 is 6.55. The highest BCUT2D eigenvalue weighted by Crippen LogP contribution is 2.23. The van der Waals surface area contributed by atoms with Crippen LogP contribution in [0.1, 0.15) is 38.0 Å². The second kappa shape index (κ2) is 4.39. The normalized spacial score (nSPS) is 12.7. The van der Waals surface area contributed by atoms with Gasteiger partial charge in [-0.3, -0.25) is 0 Å². The molecule has 0 aromatic carbocycles. The van der Waals surface area contributed by atoms with Crippen molar-refractivity contribution in [2.45, 2.75) is 39.4 Å². The molecular weight excluding hydrogens is 206 g/mol. The monoisotopic (exact) mass is 225 g/mol. The fraction of sp³-hybridized carbons (Fsp3) is 0.636. The van der Waals surface area contributed by atoms with Crippen LogP contribution in [0.15, 0.2) is 4.40 Å². The molecule has 0 N–H and O–H groups in total. The lowest BCUT2D eigenvalue weighted by atomic mass is 10.3. The van der Waals surface area contributed by atoms with Crippen LogP contribution < -0.4 is 0 Å². The molecule has 4 heteroatoms. The van der Waals surface area contributed by atoms with E-state index in [2.05, 4.69) is 41.6 Å². The molecule has 0 aliphatic rings. The van der Waals surface area contributed by atoms with Crippen LogP contribution in [0.4, 0.5) is 0 Å². The summed E-state index contributed by atoms with van der Waals surface area (Å²) in [6, 6.07) is 0. The Morgan fingerprint density at radius 2 is 1.93 bits per heavy atom. The fourth-order valence-corrected chi connectivity index (χ4v) is 1.55. The third kappa shape index (κ3) is 3.38. The third-order valence-electron chi connectivity index (χ3n) is 2.15.